The van der Waals surface area contributed by atoms with Gasteiger partial charge in [0, 0.05) is 31.6 Å². The number of nitrogens with zero attached hydrogens (tertiary/aromatic N) is 1. The van der Waals surface area contributed by atoms with Crippen molar-refractivity contribution in [2.45, 2.75) is 32.4 Å². The molecule has 0 saturated carbocycles. The second kappa shape index (κ2) is 6.56. The quantitative estimate of drug-likeness (QED) is 0.693. The second-order valence-electron chi connectivity index (χ2n) is 3.40. The van der Waals surface area contributed by atoms with E-state index < -0.39 is 0 Å². The van der Waals surface area contributed by atoms with Crippen molar-refractivity contribution in [1.82, 2.24) is 15.5 Å². The van der Waals surface area contributed by atoms with Gasteiger partial charge in [-0.05, 0) is 12.5 Å². The van der Waals surface area contributed by atoms with Crippen LogP contribution >= 0.6 is 0 Å². The molecule has 1 rings (SSSR count). The number of ether oxygens (including phenoxy) is 1. The average molecular weight is 197 g/mol. The van der Waals surface area contributed by atoms with E-state index in [-0.39, 0.29) is 0 Å². The number of hydrogen-bond acceptors (Lipinski definition) is 3. The van der Waals surface area contributed by atoms with Gasteiger partial charge in [0.05, 0.1) is 6.61 Å². The highest BCUT2D eigenvalue weighted by atomic mass is 16.5. The molecule has 0 aromatic carbocycles. The van der Waals surface area contributed by atoms with Crippen LogP contribution < -0.4 is 5.32 Å². The van der Waals surface area contributed by atoms with Crippen molar-refractivity contribution < 1.29 is 4.74 Å². The van der Waals surface area contributed by atoms with Gasteiger partial charge >= 0.3 is 0 Å². The zero-order valence-electron chi connectivity index (χ0n) is 8.92. The van der Waals surface area contributed by atoms with Crippen LogP contribution in [0.15, 0.2) is 12.3 Å². The molecule has 0 saturated heterocycles. The van der Waals surface area contributed by atoms with E-state index in [1.807, 2.05) is 6.07 Å². The van der Waals surface area contributed by atoms with Crippen molar-refractivity contribution in [3.8, 4) is 0 Å². The maximum absolute atomic E-state index is 5.14. The van der Waals surface area contributed by atoms with Crippen LogP contribution in [0.2, 0.25) is 0 Å². The number of nitrogens with one attached hydrogen (secondary N) is 2. The summed E-state index contributed by atoms with van der Waals surface area (Å²) in [7, 11) is 1.74. The third-order valence-electron chi connectivity index (χ3n) is 2.14. The molecule has 0 spiro atoms. The fourth-order valence-corrected chi connectivity index (χ4v) is 1.43. The summed E-state index contributed by atoms with van der Waals surface area (Å²) in [5.74, 6) is 0. The zero-order chi connectivity index (χ0) is 10.2. The van der Waals surface area contributed by atoms with Gasteiger partial charge in [-0.15, -0.1) is 0 Å². The molecule has 2 N–H and O–H groups in total. The standard InChI is InChI=1S/C10H19N3O/c1-3-4-10(8-14-2)11-7-9-5-6-12-13-9/h5-6,10-11H,3-4,7-8H2,1-2H3,(H,12,13). The van der Waals surface area contributed by atoms with E-state index >= 15 is 0 Å². The van der Waals surface area contributed by atoms with Crippen LogP contribution in [0.25, 0.3) is 0 Å². The molecule has 0 fully saturated rings. The lowest BCUT2D eigenvalue weighted by Crippen LogP contribution is -2.32. The summed E-state index contributed by atoms with van der Waals surface area (Å²) in [5.41, 5.74) is 1.11. The number of aromatic amines is 1. The second-order valence-corrected chi connectivity index (χ2v) is 3.40. The van der Waals surface area contributed by atoms with Gasteiger partial charge < -0.3 is 10.1 Å². The number of rotatable bonds is 7. The van der Waals surface area contributed by atoms with Gasteiger partial charge in [-0.3, -0.25) is 5.10 Å². The summed E-state index contributed by atoms with van der Waals surface area (Å²) in [4.78, 5) is 0. The Morgan fingerprint density at radius 2 is 2.50 bits per heavy atom. The third kappa shape index (κ3) is 3.89. The van der Waals surface area contributed by atoms with Gasteiger partial charge in [0.25, 0.3) is 0 Å². The number of H-pyrrole nitrogens is 1. The van der Waals surface area contributed by atoms with E-state index in [2.05, 4.69) is 22.4 Å². The molecule has 0 radical (unpaired) electrons. The molecule has 1 aromatic heterocycles. The van der Waals surface area contributed by atoms with Crippen LogP contribution in [-0.2, 0) is 11.3 Å². The van der Waals surface area contributed by atoms with Gasteiger partial charge in [-0.2, -0.15) is 5.10 Å². The van der Waals surface area contributed by atoms with Crippen LogP contribution in [0.4, 0.5) is 0 Å². The molecule has 4 nitrogen and oxygen atoms in total. The van der Waals surface area contributed by atoms with Crippen LogP contribution in [0.1, 0.15) is 25.5 Å². The minimum Gasteiger partial charge on any atom is -0.383 e. The predicted octanol–water partition coefficient (Wildman–Crippen LogP) is 1.31. The molecule has 4 heteroatoms. The smallest absolute Gasteiger partial charge is 0.0615 e. The Bertz CT molecular complexity index is 217. The predicted molar refractivity (Wildman–Crippen MR) is 56.0 cm³/mol. The number of aromatic nitrogens is 2. The molecule has 1 heterocycles. The van der Waals surface area contributed by atoms with Gasteiger partial charge in [-0.25, -0.2) is 0 Å². The molecular formula is C10H19N3O. The highest BCUT2D eigenvalue weighted by Crippen LogP contribution is 1.99. The van der Waals surface area contributed by atoms with Crippen molar-refractivity contribution in [3.63, 3.8) is 0 Å². The van der Waals surface area contributed by atoms with E-state index in [0.717, 1.165) is 25.3 Å². The maximum atomic E-state index is 5.14. The molecule has 80 valence electrons. The summed E-state index contributed by atoms with van der Waals surface area (Å²) in [5, 5.41) is 10.2. The van der Waals surface area contributed by atoms with Crippen molar-refractivity contribution in [3.05, 3.63) is 18.0 Å². The Morgan fingerprint density at radius 3 is 3.07 bits per heavy atom. The van der Waals surface area contributed by atoms with Gasteiger partial charge in [0.1, 0.15) is 0 Å². The van der Waals surface area contributed by atoms with Crippen molar-refractivity contribution >= 4 is 0 Å². The third-order valence-corrected chi connectivity index (χ3v) is 2.14. The summed E-state index contributed by atoms with van der Waals surface area (Å²) in [6.07, 6.45) is 4.08. The molecule has 1 atom stereocenters. The minimum atomic E-state index is 0.438. The zero-order valence-corrected chi connectivity index (χ0v) is 8.92. The monoisotopic (exact) mass is 197 g/mol. The molecular weight excluding hydrogens is 178 g/mol. The Balaban J connectivity index is 2.25. The highest BCUT2D eigenvalue weighted by molar-refractivity contribution is 4.96. The van der Waals surface area contributed by atoms with Gasteiger partial charge in [0.2, 0.25) is 0 Å². The van der Waals surface area contributed by atoms with E-state index in [9.17, 15) is 0 Å². The topological polar surface area (TPSA) is 49.9 Å². The van der Waals surface area contributed by atoms with Gasteiger partial charge in [0.15, 0.2) is 0 Å². The van der Waals surface area contributed by atoms with E-state index in [0.29, 0.717) is 6.04 Å². The Labute approximate surface area is 85.0 Å². The van der Waals surface area contributed by atoms with E-state index in [1.165, 1.54) is 6.42 Å². The Kier molecular flexibility index (Phi) is 5.25. The van der Waals surface area contributed by atoms with Crippen molar-refractivity contribution in [1.29, 1.82) is 0 Å². The van der Waals surface area contributed by atoms with E-state index in [1.54, 1.807) is 13.3 Å². The van der Waals surface area contributed by atoms with Gasteiger partial charge in [-0.1, -0.05) is 13.3 Å². The number of methoxy groups -OCH3 is 1. The summed E-state index contributed by atoms with van der Waals surface area (Å²) < 4.78 is 5.14. The molecule has 0 aliphatic carbocycles. The first-order chi connectivity index (χ1) is 6.86. The molecule has 0 aliphatic heterocycles. The molecule has 1 aromatic rings. The lowest BCUT2D eigenvalue weighted by Gasteiger charge is -2.16. The summed E-state index contributed by atoms with van der Waals surface area (Å²) in [6, 6.07) is 2.41. The van der Waals surface area contributed by atoms with Crippen LogP contribution in [0, 0.1) is 0 Å². The van der Waals surface area contributed by atoms with Crippen LogP contribution in [-0.4, -0.2) is 30.0 Å². The summed E-state index contributed by atoms with van der Waals surface area (Å²) >= 11 is 0. The first-order valence-electron chi connectivity index (χ1n) is 5.07. The Hall–Kier alpha value is -0.870. The lowest BCUT2D eigenvalue weighted by molar-refractivity contribution is 0.161. The fraction of sp³-hybridized carbons (Fsp3) is 0.700. The molecule has 0 amide bonds. The molecule has 0 bridgehead atoms. The first-order valence-corrected chi connectivity index (χ1v) is 5.07. The largest absolute Gasteiger partial charge is 0.383 e. The fourth-order valence-electron chi connectivity index (χ4n) is 1.43. The van der Waals surface area contributed by atoms with E-state index in [4.69, 9.17) is 4.74 Å². The van der Waals surface area contributed by atoms with Crippen molar-refractivity contribution in [2.75, 3.05) is 13.7 Å². The normalized spacial score (nSPS) is 13.0. The SMILES string of the molecule is CCCC(COC)NCc1ccn[nH]1. The van der Waals surface area contributed by atoms with Crippen molar-refractivity contribution in [2.24, 2.45) is 0 Å². The summed E-state index contributed by atoms with van der Waals surface area (Å²) in [6.45, 7) is 3.77. The molecule has 0 aliphatic rings. The minimum absolute atomic E-state index is 0.438. The lowest BCUT2D eigenvalue weighted by atomic mass is 10.2. The highest BCUT2D eigenvalue weighted by Gasteiger charge is 2.06. The average Bonchev–Trinajstić information content (AvgIpc) is 2.67. The van der Waals surface area contributed by atoms with Crippen LogP contribution in [0.5, 0.6) is 0 Å². The van der Waals surface area contributed by atoms with Crippen LogP contribution in [0.3, 0.4) is 0 Å². The first kappa shape index (κ1) is 11.2. The Morgan fingerprint density at radius 1 is 1.64 bits per heavy atom. The molecule has 14 heavy (non-hydrogen) atoms. The number of hydrogen-bond donors (Lipinski definition) is 2. The molecule has 1 unspecified atom stereocenters. The maximum Gasteiger partial charge on any atom is 0.0615 e.